The van der Waals surface area contributed by atoms with Gasteiger partial charge < -0.3 is 28.4 Å². The quantitative estimate of drug-likeness (QED) is 0.0675. The molecule has 46 heavy (non-hydrogen) atoms. The summed E-state index contributed by atoms with van der Waals surface area (Å²) >= 11 is 0. The molecular formula is C35H35FO10. The second-order valence-electron chi connectivity index (χ2n) is 9.75. The summed E-state index contributed by atoms with van der Waals surface area (Å²) in [4.78, 5) is 47.6. The minimum Gasteiger partial charge on any atom is -0.494 e. The third-order valence-electron chi connectivity index (χ3n) is 6.26. The lowest BCUT2D eigenvalue weighted by molar-refractivity contribution is -0.142. The zero-order valence-corrected chi connectivity index (χ0v) is 25.4. The Balaban J connectivity index is 1.48. The van der Waals surface area contributed by atoms with E-state index in [1.807, 2.05) is 0 Å². The van der Waals surface area contributed by atoms with Gasteiger partial charge in [-0.15, -0.1) is 0 Å². The molecule has 242 valence electrons. The van der Waals surface area contributed by atoms with E-state index in [0.717, 1.165) is 12.2 Å². The first-order valence-electron chi connectivity index (χ1n) is 14.4. The average Bonchev–Trinajstić information content (AvgIpc) is 3.07. The van der Waals surface area contributed by atoms with E-state index in [2.05, 4.69) is 13.2 Å². The fourth-order valence-corrected chi connectivity index (χ4v) is 3.80. The maximum Gasteiger partial charge on any atom is 0.343 e. The molecule has 3 aromatic rings. The summed E-state index contributed by atoms with van der Waals surface area (Å²) in [5, 5.41) is 0. The number of hydrogen-bond donors (Lipinski definition) is 0. The smallest absolute Gasteiger partial charge is 0.343 e. The highest BCUT2D eigenvalue weighted by atomic mass is 19.1. The molecule has 0 radical (unpaired) electrons. The van der Waals surface area contributed by atoms with Gasteiger partial charge in [0.05, 0.1) is 30.9 Å². The van der Waals surface area contributed by atoms with Crippen molar-refractivity contribution in [2.24, 2.45) is 0 Å². The van der Waals surface area contributed by atoms with Crippen LogP contribution in [-0.4, -0.2) is 49.8 Å². The predicted molar refractivity (Wildman–Crippen MR) is 166 cm³/mol. The number of carbonyl (C=O) groups is 4. The minimum absolute atomic E-state index is 0.0175. The van der Waals surface area contributed by atoms with Crippen molar-refractivity contribution in [3.63, 3.8) is 0 Å². The molecule has 3 rings (SSSR count). The summed E-state index contributed by atoms with van der Waals surface area (Å²) in [6, 6.07) is 16.5. The first-order valence-corrected chi connectivity index (χ1v) is 14.4. The van der Waals surface area contributed by atoms with Crippen LogP contribution in [0.25, 0.3) is 0 Å². The van der Waals surface area contributed by atoms with E-state index in [1.54, 1.807) is 31.2 Å². The van der Waals surface area contributed by atoms with Gasteiger partial charge in [0.1, 0.15) is 35.8 Å². The van der Waals surface area contributed by atoms with Crippen molar-refractivity contribution in [3.05, 3.63) is 109 Å². The number of rotatable bonds is 18. The zero-order valence-electron chi connectivity index (χ0n) is 25.4. The summed E-state index contributed by atoms with van der Waals surface area (Å²) in [7, 11) is 0. The number of ether oxygens (including phenoxy) is 6. The fraction of sp³-hybridized carbons (Fsp3) is 0.257. The third kappa shape index (κ3) is 11.6. The number of esters is 4. The Morgan fingerprint density at radius 3 is 1.85 bits per heavy atom. The first-order chi connectivity index (χ1) is 22.2. The maximum absolute atomic E-state index is 13.8. The fourth-order valence-electron chi connectivity index (χ4n) is 3.80. The average molecular weight is 635 g/mol. The van der Waals surface area contributed by atoms with E-state index >= 15 is 0 Å². The van der Waals surface area contributed by atoms with Crippen LogP contribution in [0.4, 0.5) is 4.39 Å². The van der Waals surface area contributed by atoms with Crippen LogP contribution in [-0.2, 0) is 25.7 Å². The molecule has 0 aliphatic carbocycles. The molecule has 0 bridgehead atoms. The zero-order chi connectivity index (χ0) is 33.3. The van der Waals surface area contributed by atoms with Gasteiger partial charge >= 0.3 is 23.9 Å². The molecule has 0 heterocycles. The van der Waals surface area contributed by atoms with Gasteiger partial charge in [0.25, 0.3) is 0 Å². The molecule has 10 nitrogen and oxygen atoms in total. The van der Waals surface area contributed by atoms with Gasteiger partial charge in [-0.05, 0) is 86.5 Å². The van der Waals surface area contributed by atoms with Crippen LogP contribution in [0.3, 0.4) is 0 Å². The van der Waals surface area contributed by atoms with Crippen molar-refractivity contribution < 1.29 is 52.0 Å². The minimum atomic E-state index is -0.968. The molecule has 0 N–H and O–H groups in total. The van der Waals surface area contributed by atoms with Crippen molar-refractivity contribution in [3.8, 4) is 23.0 Å². The summed E-state index contributed by atoms with van der Waals surface area (Å²) in [5.41, 5.74) is 0.481. The van der Waals surface area contributed by atoms with Crippen LogP contribution in [0.1, 0.15) is 52.5 Å². The number of halogens is 1. The monoisotopic (exact) mass is 634 g/mol. The topological polar surface area (TPSA) is 124 Å². The first kappa shape index (κ1) is 35.0. The van der Waals surface area contributed by atoms with E-state index in [4.69, 9.17) is 28.4 Å². The lowest BCUT2D eigenvalue weighted by atomic mass is 10.2. The van der Waals surface area contributed by atoms with Crippen molar-refractivity contribution in [2.75, 3.05) is 19.8 Å². The van der Waals surface area contributed by atoms with Gasteiger partial charge in [-0.2, -0.15) is 0 Å². The SMILES string of the molecule is C=CC(=O)OCCCCOc1ccc(C(=O)Oc2ccc(OC(=O)c3ccc(OCCC(C)OC(=O)C=C)cc3)c(CF)c2)cc1. The standard InChI is InChI=1S/C35H35FO10/c1-4-32(37)43-20-7-6-19-41-28-12-8-25(9-13-28)34(39)45-30-16-17-31(27(22-30)23-36)46-35(40)26-10-14-29(15-11-26)42-21-18-24(3)44-33(38)5-2/h4-5,8-17,22,24H,1-2,6-7,18-21,23H2,3H3. The molecule has 0 spiro atoms. The number of alkyl halides is 1. The van der Waals surface area contributed by atoms with Gasteiger partial charge in [0, 0.05) is 24.1 Å². The van der Waals surface area contributed by atoms with Crippen LogP contribution in [0.5, 0.6) is 23.0 Å². The lowest BCUT2D eigenvalue weighted by Gasteiger charge is -2.13. The summed E-state index contributed by atoms with van der Waals surface area (Å²) in [6.45, 7) is 8.40. The van der Waals surface area contributed by atoms with E-state index in [9.17, 15) is 23.6 Å². The van der Waals surface area contributed by atoms with Crippen molar-refractivity contribution in [1.82, 2.24) is 0 Å². The number of benzene rings is 3. The van der Waals surface area contributed by atoms with Gasteiger partial charge in [0.2, 0.25) is 0 Å². The Hall–Kier alpha value is -5.45. The number of unbranched alkanes of at least 4 members (excludes halogenated alkanes) is 1. The van der Waals surface area contributed by atoms with Crippen LogP contribution in [0.2, 0.25) is 0 Å². The van der Waals surface area contributed by atoms with Gasteiger partial charge in [0.15, 0.2) is 0 Å². The third-order valence-corrected chi connectivity index (χ3v) is 6.26. The predicted octanol–water partition coefficient (Wildman–Crippen LogP) is 6.37. The summed E-state index contributed by atoms with van der Waals surface area (Å²) in [6.07, 6.45) is 3.60. The Kier molecular flexibility index (Phi) is 14.0. The highest BCUT2D eigenvalue weighted by molar-refractivity contribution is 5.92. The number of hydrogen-bond acceptors (Lipinski definition) is 10. The molecule has 1 unspecified atom stereocenters. The second kappa shape index (κ2) is 18.4. The highest BCUT2D eigenvalue weighted by Gasteiger charge is 2.16. The molecule has 0 aliphatic heterocycles. The van der Waals surface area contributed by atoms with Crippen LogP contribution in [0, 0.1) is 0 Å². The highest BCUT2D eigenvalue weighted by Crippen LogP contribution is 2.27. The van der Waals surface area contributed by atoms with Crippen LogP contribution < -0.4 is 18.9 Å². The van der Waals surface area contributed by atoms with Crippen LogP contribution >= 0.6 is 0 Å². The molecule has 11 heteroatoms. The van der Waals surface area contributed by atoms with Crippen molar-refractivity contribution >= 4 is 23.9 Å². The molecule has 0 fully saturated rings. The molecule has 3 aromatic carbocycles. The van der Waals surface area contributed by atoms with E-state index < -0.39 is 30.6 Å². The van der Waals surface area contributed by atoms with Crippen LogP contribution in [0.15, 0.2) is 92.0 Å². The van der Waals surface area contributed by atoms with Gasteiger partial charge in [-0.1, -0.05) is 13.2 Å². The Morgan fingerprint density at radius 1 is 0.717 bits per heavy atom. The van der Waals surface area contributed by atoms with Crippen molar-refractivity contribution in [2.45, 2.75) is 39.0 Å². The Morgan fingerprint density at radius 2 is 1.26 bits per heavy atom. The summed E-state index contributed by atoms with van der Waals surface area (Å²) in [5.74, 6) is -1.26. The Labute approximate surface area is 266 Å². The molecular weight excluding hydrogens is 599 g/mol. The molecule has 0 aliphatic rings. The summed E-state index contributed by atoms with van der Waals surface area (Å²) < 4.78 is 45.8. The molecule has 0 amide bonds. The Bertz CT molecular complexity index is 1500. The van der Waals surface area contributed by atoms with Gasteiger partial charge in [-0.25, -0.2) is 23.6 Å². The number of carbonyl (C=O) groups excluding carboxylic acids is 4. The molecule has 0 saturated carbocycles. The molecule has 0 saturated heterocycles. The van der Waals surface area contributed by atoms with E-state index in [1.165, 1.54) is 42.5 Å². The largest absolute Gasteiger partial charge is 0.494 e. The van der Waals surface area contributed by atoms with E-state index in [-0.39, 0.29) is 47.5 Å². The second-order valence-corrected chi connectivity index (χ2v) is 9.75. The molecule has 1 atom stereocenters. The van der Waals surface area contributed by atoms with Gasteiger partial charge in [-0.3, -0.25) is 0 Å². The normalized spacial score (nSPS) is 11.0. The maximum atomic E-state index is 13.8. The lowest BCUT2D eigenvalue weighted by Crippen LogP contribution is -2.16. The van der Waals surface area contributed by atoms with Crippen molar-refractivity contribution in [1.29, 1.82) is 0 Å². The van der Waals surface area contributed by atoms with E-state index in [0.29, 0.717) is 37.4 Å². The molecule has 0 aromatic heterocycles.